The lowest BCUT2D eigenvalue weighted by atomic mass is 10.0. The van der Waals surface area contributed by atoms with Crippen molar-refractivity contribution in [2.24, 2.45) is 0 Å². The SMILES string of the molecule is N#CCC(=O)NCCc1ccc(Oc2ccccc2-c2ccccc2)cc1. The number of carbonyl (C=O) groups excluding carboxylic acids is 1. The van der Waals surface area contributed by atoms with Crippen molar-refractivity contribution in [2.45, 2.75) is 12.8 Å². The Kier molecular flexibility index (Phi) is 6.21. The molecule has 0 aliphatic heterocycles. The summed E-state index contributed by atoms with van der Waals surface area (Å²) in [5.41, 5.74) is 3.25. The Morgan fingerprint density at radius 1 is 0.926 bits per heavy atom. The number of rotatable bonds is 7. The molecule has 27 heavy (non-hydrogen) atoms. The molecular formula is C23H20N2O2. The molecule has 0 spiro atoms. The molecule has 4 heteroatoms. The van der Waals surface area contributed by atoms with Crippen molar-refractivity contribution in [3.63, 3.8) is 0 Å². The van der Waals surface area contributed by atoms with Crippen LogP contribution in [0.5, 0.6) is 11.5 Å². The summed E-state index contributed by atoms with van der Waals surface area (Å²) in [6, 6.07) is 27.7. The van der Waals surface area contributed by atoms with Gasteiger partial charge < -0.3 is 10.1 Å². The predicted molar refractivity (Wildman–Crippen MR) is 105 cm³/mol. The Hall–Kier alpha value is -3.58. The molecule has 3 aromatic rings. The Bertz CT molecular complexity index is 929. The van der Waals surface area contributed by atoms with E-state index in [-0.39, 0.29) is 12.3 Å². The number of nitrogens with one attached hydrogen (secondary N) is 1. The van der Waals surface area contributed by atoms with Crippen molar-refractivity contribution in [3.05, 3.63) is 84.4 Å². The number of amides is 1. The number of hydrogen-bond acceptors (Lipinski definition) is 3. The van der Waals surface area contributed by atoms with E-state index in [1.165, 1.54) is 0 Å². The molecule has 1 amide bonds. The second-order valence-electron chi connectivity index (χ2n) is 6.04. The molecule has 0 saturated heterocycles. The van der Waals surface area contributed by atoms with Gasteiger partial charge in [-0.25, -0.2) is 0 Å². The van der Waals surface area contributed by atoms with E-state index in [2.05, 4.69) is 17.4 Å². The normalized spacial score (nSPS) is 10.0. The zero-order chi connectivity index (χ0) is 18.9. The molecule has 3 aromatic carbocycles. The van der Waals surface area contributed by atoms with Crippen LogP contribution in [0.25, 0.3) is 11.1 Å². The number of carbonyl (C=O) groups is 1. The molecular weight excluding hydrogens is 336 g/mol. The maximum absolute atomic E-state index is 11.3. The molecule has 4 nitrogen and oxygen atoms in total. The molecule has 0 aliphatic rings. The van der Waals surface area contributed by atoms with Crippen LogP contribution in [0.1, 0.15) is 12.0 Å². The quantitative estimate of drug-likeness (QED) is 0.666. The lowest BCUT2D eigenvalue weighted by Crippen LogP contribution is -2.24. The van der Waals surface area contributed by atoms with Gasteiger partial charge in [-0.2, -0.15) is 5.26 Å². The zero-order valence-corrected chi connectivity index (χ0v) is 14.9. The van der Waals surface area contributed by atoms with E-state index in [1.807, 2.05) is 72.8 Å². The molecule has 3 rings (SSSR count). The van der Waals surface area contributed by atoms with E-state index < -0.39 is 0 Å². The standard InChI is InChI=1S/C23H20N2O2/c24-16-14-23(26)25-17-15-18-10-12-20(13-11-18)27-22-9-5-4-8-21(22)19-6-2-1-3-7-19/h1-13H,14-15,17H2,(H,25,26). The van der Waals surface area contributed by atoms with Crippen LogP contribution in [0.2, 0.25) is 0 Å². The molecule has 1 N–H and O–H groups in total. The summed E-state index contributed by atoms with van der Waals surface area (Å²) >= 11 is 0. The molecule has 0 atom stereocenters. The van der Waals surface area contributed by atoms with E-state index in [1.54, 1.807) is 0 Å². The highest BCUT2D eigenvalue weighted by Gasteiger charge is 2.07. The summed E-state index contributed by atoms with van der Waals surface area (Å²) < 4.78 is 6.09. The lowest BCUT2D eigenvalue weighted by molar-refractivity contribution is -0.120. The summed E-state index contributed by atoms with van der Waals surface area (Å²) in [5, 5.41) is 11.2. The maximum Gasteiger partial charge on any atom is 0.234 e. The molecule has 0 fully saturated rings. The van der Waals surface area contributed by atoms with Gasteiger partial charge in [0.1, 0.15) is 17.9 Å². The fraction of sp³-hybridized carbons (Fsp3) is 0.130. The molecule has 0 aromatic heterocycles. The van der Waals surface area contributed by atoms with Crippen LogP contribution in [0, 0.1) is 11.3 Å². The van der Waals surface area contributed by atoms with Crippen LogP contribution in [-0.4, -0.2) is 12.5 Å². The highest BCUT2D eigenvalue weighted by Crippen LogP contribution is 2.33. The maximum atomic E-state index is 11.3. The molecule has 0 saturated carbocycles. The average molecular weight is 356 g/mol. The first-order valence-electron chi connectivity index (χ1n) is 8.81. The minimum absolute atomic E-state index is 0.104. The van der Waals surface area contributed by atoms with Gasteiger partial charge in [-0.3, -0.25) is 4.79 Å². The van der Waals surface area contributed by atoms with E-state index in [0.717, 1.165) is 28.2 Å². The third-order valence-electron chi connectivity index (χ3n) is 4.10. The molecule has 0 aliphatic carbocycles. The van der Waals surface area contributed by atoms with Gasteiger partial charge in [0.15, 0.2) is 0 Å². The highest BCUT2D eigenvalue weighted by molar-refractivity contribution is 5.77. The Balaban J connectivity index is 1.64. The molecule has 0 radical (unpaired) electrons. The number of nitrogens with zero attached hydrogens (tertiary/aromatic N) is 1. The minimum Gasteiger partial charge on any atom is -0.457 e. The highest BCUT2D eigenvalue weighted by atomic mass is 16.5. The first-order valence-corrected chi connectivity index (χ1v) is 8.81. The van der Waals surface area contributed by atoms with E-state index in [9.17, 15) is 4.79 Å². The van der Waals surface area contributed by atoms with Gasteiger partial charge in [0.25, 0.3) is 0 Å². The summed E-state index contributed by atoms with van der Waals surface area (Å²) in [6.07, 6.45) is 0.603. The second-order valence-corrected chi connectivity index (χ2v) is 6.04. The first-order chi connectivity index (χ1) is 13.3. The van der Waals surface area contributed by atoms with Crippen LogP contribution in [-0.2, 0) is 11.2 Å². The third kappa shape index (κ3) is 5.20. The third-order valence-corrected chi connectivity index (χ3v) is 4.10. The van der Waals surface area contributed by atoms with Gasteiger partial charge in [0.2, 0.25) is 5.91 Å². The van der Waals surface area contributed by atoms with Gasteiger partial charge in [0, 0.05) is 12.1 Å². The molecule has 134 valence electrons. The Morgan fingerprint density at radius 3 is 2.37 bits per heavy atom. The fourth-order valence-corrected chi connectivity index (χ4v) is 2.74. The summed E-state index contributed by atoms with van der Waals surface area (Å²) in [6.45, 7) is 0.511. The van der Waals surface area contributed by atoms with Gasteiger partial charge in [0.05, 0.1) is 6.07 Å². The van der Waals surface area contributed by atoms with E-state index in [4.69, 9.17) is 10.00 Å². The van der Waals surface area contributed by atoms with Gasteiger partial charge >= 0.3 is 0 Å². The predicted octanol–water partition coefficient (Wildman–Crippen LogP) is 4.72. The van der Waals surface area contributed by atoms with Crippen LogP contribution < -0.4 is 10.1 Å². The van der Waals surface area contributed by atoms with E-state index in [0.29, 0.717) is 13.0 Å². The number of para-hydroxylation sites is 1. The number of benzene rings is 3. The molecule has 0 heterocycles. The zero-order valence-electron chi connectivity index (χ0n) is 14.9. The summed E-state index contributed by atoms with van der Waals surface area (Å²) in [5.74, 6) is 1.32. The van der Waals surface area contributed by atoms with Crippen molar-refractivity contribution in [1.29, 1.82) is 5.26 Å². The van der Waals surface area contributed by atoms with Crippen molar-refractivity contribution in [3.8, 4) is 28.7 Å². The average Bonchev–Trinajstić information content (AvgIpc) is 2.71. The second kappa shape index (κ2) is 9.21. The lowest BCUT2D eigenvalue weighted by Gasteiger charge is -2.12. The van der Waals surface area contributed by atoms with Crippen molar-refractivity contribution in [1.82, 2.24) is 5.32 Å². The van der Waals surface area contributed by atoms with Crippen molar-refractivity contribution < 1.29 is 9.53 Å². The van der Waals surface area contributed by atoms with Crippen molar-refractivity contribution >= 4 is 5.91 Å². The number of nitriles is 1. The Morgan fingerprint density at radius 2 is 1.63 bits per heavy atom. The van der Waals surface area contributed by atoms with Crippen molar-refractivity contribution in [2.75, 3.05) is 6.54 Å². The van der Waals surface area contributed by atoms with Crippen LogP contribution >= 0.6 is 0 Å². The van der Waals surface area contributed by atoms with Crippen LogP contribution in [0.3, 0.4) is 0 Å². The topological polar surface area (TPSA) is 62.1 Å². The number of hydrogen-bond donors (Lipinski definition) is 1. The molecule has 0 bridgehead atoms. The first kappa shape index (κ1) is 18.2. The summed E-state index contributed by atoms with van der Waals surface area (Å²) in [7, 11) is 0. The smallest absolute Gasteiger partial charge is 0.234 e. The van der Waals surface area contributed by atoms with Crippen LogP contribution in [0.4, 0.5) is 0 Å². The fourth-order valence-electron chi connectivity index (χ4n) is 2.74. The largest absolute Gasteiger partial charge is 0.457 e. The van der Waals surface area contributed by atoms with E-state index >= 15 is 0 Å². The number of ether oxygens (including phenoxy) is 1. The summed E-state index contributed by atoms with van der Waals surface area (Å²) in [4.78, 5) is 11.3. The molecule has 0 unspecified atom stereocenters. The van der Waals surface area contributed by atoms with Gasteiger partial charge in [-0.15, -0.1) is 0 Å². The minimum atomic E-state index is -0.241. The van der Waals surface area contributed by atoms with Gasteiger partial charge in [-0.05, 0) is 35.7 Å². The van der Waals surface area contributed by atoms with Crippen LogP contribution in [0.15, 0.2) is 78.9 Å². The Labute approximate surface area is 159 Å². The van der Waals surface area contributed by atoms with Gasteiger partial charge in [-0.1, -0.05) is 60.7 Å². The monoisotopic (exact) mass is 356 g/mol.